The van der Waals surface area contributed by atoms with Crippen molar-refractivity contribution in [2.45, 2.75) is 31.7 Å². The van der Waals surface area contributed by atoms with Gasteiger partial charge in [-0.3, -0.25) is 0 Å². The van der Waals surface area contributed by atoms with Crippen LogP contribution in [0.5, 0.6) is 11.5 Å². The molecule has 1 aromatic rings. The van der Waals surface area contributed by atoms with Gasteiger partial charge in [0.25, 0.3) is 0 Å². The van der Waals surface area contributed by atoms with Crippen molar-refractivity contribution in [2.24, 2.45) is 5.92 Å². The quantitative estimate of drug-likeness (QED) is 0.875. The summed E-state index contributed by atoms with van der Waals surface area (Å²) in [5, 5.41) is 6.90. The van der Waals surface area contributed by atoms with Gasteiger partial charge in [-0.15, -0.1) is 0 Å². The predicted octanol–water partition coefficient (Wildman–Crippen LogP) is 2.61. The summed E-state index contributed by atoms with van der Waals surface area (Å²) in [7, 11) is 2.07. The topological polar surface area (TPSA) is 42.5 Å². The molecule has 19 heavy (non-hydrogen) atoms. The maximum Gasteiger partial charge on any atom is 0.231 e. The Balaban J connectivity index is 1.50. The first-order valence-electron chi connectivity index (χ1n) is 7.16. The van der Waals surface area contributed by atoms with Crippen LogP contribution in [0.4, 0.5) is 5.69 Å². The Morgan fingerprint density at radius 3 is 2.68 bits per heavy atom. The van der Waals surface area contributed by atoms with E-state index < -0.39 is 0 Å². The number of anilines is 1. The molecule has 0 spiro atoms. The maximum absolute atomic E-state index is 5.39. The standard InChI is InChI=1S/C15H22N2O2/c1-16-12-4-2-11(3-5-12)9-17-13-6-7-14-15(8-13)19-10-18-14/h6-8,11-12,16-17H,2-5,9-10H2,1H3. The lowest BCUT2D eigenvalue weighted by Crippen LogP contribution is -2.32. The van der Waals surface area contributed by atoms with Crippen molar-refractivity contribution >= 4 is 5.69 Å². The molecule has 1 saturated carbocycles. The third kappa shape index (κ3) is 2.95. The minimum atomic E-state index is 0.340. The molecule has 2 aliphatic rings. The van der Waals surface area contributed by atoms with Crippen LogP contribution < -0.4 is 20.1 Å². The molecule has 1 aliphatic heterocycles. The van der Waals surface area contributed by atoms with Crippen LogP contribution in [-0.2, 0) is 0 Å². The van der Waals surface area contributed by atoms with Crippen LogP contribution in [0.3, 0.4) is 0 Å². The van der Waals surface area contributed by atoms with Crippen LogP contribution >= 0.6 is 0 Å². The molecule has 2 N–H and O–H groups in total. The van der Waals surface area contributed by atoms with E-state index in [4.69, 9.17) is 9.47 Å². The van der Waals surface area contributed by atoms with Crippen molar-refractivity contribution in [2.75, 3.05) is 25.7 Å². The fourth-order valence-corrected chi connectivity index (χ4v) is 2.92. The smallest absolute Gasteiger partial charge is 0.231 e. The Hall–Kier alpha value is -1.42. The lowest BCUT2D eigenvalue weighted by atomic mass is 9.86. The highest BCUT2D eigenvalue weighted by molar-refractivity contribution is 5.55. The molecule has 1 heterocycles. The molecule has 0 aromatic heterocycles. The molecular weight excluding hydrogens is 240 g/mol. The number of rotatable bonds is 4. The van der Waals surface area contributed by atoms with Crippen molar-refractivity contribution in [1.82, 2.24) is 5.32 Å². The molecule has 0 radical (unpaired) electrons. The Bertz CT molecular complexity index is 428. The predicted molar refractivity (Wildman–Crippen MR) is 75.9 cm³/mol. The van der Waals surface area contributed by atoms with Crippen LogP contribution in [-0.4, -0.2) is 26.4 Å². The minimum Gasteiger partial charge on any atom is -0.454 e. The highest BCUT2D eigenvalue weighted by atomic mass is 16.7. The van der Waals surface area contributed by atoms with Gasteiger partial charge in [-0.05, 0) is 50.8 Å². The van der Waals surface area contributed by atoms with Crippen molar-refractivity contribution in [3.63, 3.8) is 0 Å². The zero-order valence-corrected chi connectivity index (χ0v) is 11.4. The van der Waals surface area contributed by atoms with Crippen LogP contribution in [0, 0.1) is 5.92 Å². The van der Waals surface area contributed by atoms with Crippen LogP contribution in [0.15, 0.2) is 18.2 Å². The van der Waals surface area contributed by atoms with Crippen molar-refractivity contribution in [3.8, 4) is 11.5 Å². The second-order valence-corrected chi connectivity index (χ2v) is 5.46. The van der Waals surface area contributed by atoms with Crippen LogP contribution in [0.1, 0.15) is 25.7 Å². The number of nitrogens with one attached hydrogen (secondary N) is 2. The molecule has 0 bridgehead atoms. The van der Waals surface area contributed by atoms with Gasteiger partial charge in [0.2, 0.25) is 6.79 Å². The molecule has 4 heteroatoms. The highest BCUT2D eigenvalue weighted by Gasteiger charge is 2.20. The van der Waals surface area contributed by atoms with Crippen molar-refractivity contribution in [3.05, 3.63) is 18.2 Å². The lowest BCUT2D eigenvalue weighted by molar-refractivity contribution is 0.174. The molecule has 0 atom stereocenters. The number of ether oxygens (including phenoxy) is 2. The van der Waals surface area contributed by atoms with Gasteiger partial charge < -0.3 is 20.1 Å². The van der Waals surface area contributed by atoms with Gasteiger partial charge in [0.05, 0.1) is 0 Å². The highest BCUT2D eigenvalue weighted by Crippen LogP contribution is 2.34. The largest absolute Gasteiger partial charge is 0.454 e. The van der Waals surface area contributed by atoms with E-state index >= 15 is 0 Å². The SMILES string of the molecule is CNC1CCC(CNc2ccc3c(c2)OCO3)CC1. The normalized spacial score (nSPS) is 25.3. The summed E-state index contributed by atoms with van der Waals surface area (Å²) in [5.41, 5.74) is 1.12. The van der Waals surface area contributed by atoms with Gasteiger partial charge in [-0.25, -0.2) is 0 Å². The van der Waals surface area contributed by atoms with Crippen molar-refractivity contribution in [1.29, 1.82) is 0 Å². The van der Waals surface area contributed by atoms with Crippen LogP contribution in [0.25, 0.3) is 0 Å². The number of fused-ring (bicyclic) bond motifs is 1. The average Bonchev–Trinajstić information content (AvgIpc) is 2.93. The molecule has 4 nitrogen and oxygen atoms in total. The fraction of sp³-hybridized carbons (Fsp3) is 0.600. The van der Waals surface area contributed by atoms with Gasteiger partial charge in [-0.1, -0.05) is 0 Å². The second kappa shape index (κ2) is 5.70. The van der Waals surface area contributed by atoms with Gasteiger partial charge in [0, 0.05) is 24.3 Å². The molecule has 1 aliphatic carbocycles. The third-order valence-corrected chi connectivity index (χ3v) is 4.22. The van der Waals surface area contributed by atoms with Gasteiger partial charge in [0.15, 0.2) is 11.5 Å². The molecule has 1 aromatic carbocycles. The molecular formula is C15H22N2O2. The summed E-state index contributed by atoms with van der Waals surface area (Å²) in [5.74, 6) is 2.49. The third-order valence-electron chi connectivity index (χ3n) is 4.22. The molecule has 0 amide bonds. The Labute approximate surface area is 114 Å². The average molecular weight is 262 g/mol. The Morgan fingerprint density at radius 1 is 1.11 bits per heavy atom. The summed E-state index contributed by atoms with van der Waals surface area (Å²) in [6, 6.07) is 6.79. The first-order chi connectivity index (χ1) is 9.35. The summed E-state index contributed by atoms with van der Waals surface area (Å²) in [6.45, 7) is 1.39. The molecule has 0 saturated heterocycles. The number of hydrogen-bond acceptors (Lipinski definition) is 4. The van der Waals surface area contributed by atoms with E-state index in [2.05, 4.69) is 23.7 Å². The van der Waals surface area contributed by atoms with E-state index in [-0.39, 0.29) is 0 Å². The van der Waals surface area contributed by atoms with Crippen LogP contribution in [0.2, 0.25) is 0 Å². The monoisotopic (exact) mass is 262 g/mol. The summed E-state index contributed by atoms with van der Waals surface area (Å²) in [4.78, 5) is 0. The first-order valence-corrected chi connectivity index (χ1v) is 7.16. The van der Waals surface area contributed by atoms with E-state index in [1.807, 2.05) is 12.1 Å². The zero-order chi connectivity index (χ0) is 13.1. The summed E-state index contributed by atoms with van der Waals surface area (Å²) in [6.07, 6.45) is 5.21. The van der Waals surface area contributed by atoms with E-state index in [1.165, 1.54) is 25.7 Å². The maximum atomic E-state index is 5.39. The molecule has 1 fully saturated rings. The minimum absolute atomic E-state index is 0.340. The van der Waals surface area contributed by atoms with Gasteiger partial charge in [-0.2, -0.15) is 0 Å². The second-order valence-electron chi connectivity index (χ2n) is 5.46. The number of hydrogen-bond donors (Lipinski definition) is 2. The van der Waals surface area contributed by atoms with E-state index in [1.54, 1.807) is 0 Å². The fourth-order valence-electron chi connectivity index (χ4n) is 2.92. The first kappa shape index (κ1) is 12.6. The summed E-state index contributed by atoms with van der Waals surface area (Å²) >= 11 is 0. The Morgan fingerprint density at radius 2 is 1.89 bits per heavy atom. The number of benzene rings is 1. The van der Waals surface area contributed by atoms with Crippen molar-refractivity contribution < 1.29 is 9.47 Å². The van der Waals surface area contributed by atoms with Gasteiger partial charge in [0.1, 0.15) is 0 Å². The zero-order valence-electron chi connectivity index (χ0n) is 11.4. The molecule has 104 valence electrons. The lowest BCUT2D eigenvalue weighted by Gasteiger charge is -2.28. The molecule has 3 rings (SSSR count). The summed E-state index contributed by atoms with van der Waals surface area (Å²) < 4.78 is 10.7. The molecule has 0 unspecified atom stereocenters. The van der Waals surface area contributed by atoms with E-state index in [0.717, 1.165) is 35.7 Å². The van der Waals surface area contributed by atoms with Gasteiger partial charge >= 0.3 is 0 Å². The van der Waals surface area contributed by atoms with E-state index in [9.17, 15) is 0 Å². The van der Waals surface area contributed by atoms with E-state index in [0.29, 0.717) is 6.79 Å². The Kier molecular flexibility index (Phi) is 3.78.